The van der Waals surface area contributed by atoms with Gasteiger partial charge in [-0.05, 0) is 25.2 Å². The fraction of sp³-hybridized carbons (Fsp3) is 0.778. The van der Waals surface area contributed by atoms with Crippen molar-refractivity contribution in [3.05, 3.63) is 0 Å². The van der Waals surface area contributed by atoms with Gasteiger partial charge >= 0.3 is 12.0 Å². The van der Waals surface area contributed by atoms with Crippen molar-refractivity contribution in [3.8, 4) is 0 Å². The number of urea groups is 1. The van der Waals surface area contributed by atoms with Crippen LogP contribution in [0.4, 0.5) is 4.79 Å². The summed E-state index contributed by atoms with van der Waals surface area (Å²) in [7, 11) is 0. The number of nitrogens with one attached hydrogen (secondary N) is 2. The molecule has 0 bridgehead atoms. The van der Waals surface area contributed by atoms with Crippen LogP contribution in [-0.2, 0) is 4.79 Å². The van der Waals surface area contributed by atoms with Crippen LogP contribution in [0.25, 0.3) is 0 Å². The van der Waals surface area contributed by atoms with Crippen LogP contribution in [0.1, 0.15) is 26.7 Å². The highest BCUT2D eigenvalue weighted by molar-refractivity contribution is 5.82. The van der Waals surface area contributed by atoms with Crippen LogP contribution in [0, 0.1) is 5.41 Å². The first-order chi connectivity index (χ1) is 6.43. The van der Waals surface area contributed by atoms with Crippen LogP contribution in [0.5, 0.6) is 0 Å². The highest BCUT2D eigenvalue weighted by atomic mass is 16.4. The van der Waals surface area contributed by atoms with E-state index in [9.17, 15) is 9.59 Å². The third-order valence-electron chi connectivity index (χ3n) is 2.50. The SMILES string of the molecule is C[C@@H](NC(=O)NCC1(C)CC1)C(=O)O. The van der Waals surface area contributed by atoms with Crippen molar-refractivity contribution < 1.29 is 14.7 Å². The van der Waals surface area contributed by atoms with E-state index in [2.05, 4.69) is 17.6 Å². The molecule has 1 rings (SSSR count). The van der Waals surface area contributed by atoms with Gasteiger partial charge in [-0.1, -0.05) is 6.92 Å². The Morgan fingerprint density at radius 1 is 1.50 bits per heavy atom. The zero-order valence-corrected chi connectivity index (χ0v) is 8.46. The molecule has 0 unspecified atom stereocenters. The number of amides is 2. The lowest BCUT2D eigenvalue weighted by Gasteiger charge is -2.13. The van der Waals surface area contributed by atoms with Crippen molar-refractivity contribution >= 4 is 12.0 Å². The minimum absolute atomic E-state index is 0.240. The summed E-state index contributed by atoms with van der Waals surface area (Å²) in [6.45, 7) is 4.14. The molecule has 5 nitrogen and oxygen atoms in total. The van der Waals surface area contributed by atoms with Gasteiger partial charge in [0.1, 0.15) is 6.04 Å². The third-order valence-corrected chi connectivity index (χ3v) is 2.50. The average molecular weight is 200 g/mol. The smallest absolute Gasteiger partial charge is 0.325 e. The molecule has 1 saturated carbocycles. The van der Waals surface area contributed by atoms with E-state index in [1.165, 1.54) is 6.92 Å². The molecule has 2 amide bonds. The van der Waals surface area contributed by atoms with Gasteiger partial charge in [-0.25, -0.2) is 4.79 Å². The molecule has 0 heterocycles. The largest absolute Gasteiger partial charge is 0.480 e. The second-order valence-electron chi connectivity index (χ2n) is 4.20. The summed E-state index contributed by atoms with van der Waals surface area (Å²) in [6.07, 6.45) is 2.25. The minimum atomic E-state index is -1.03. The highest BCUT2D eigenvalue weighted by Gasteiger charge is 2.37. The second kappa shape index (κ2) is 3.86. The van der Waals surface area contributed by atoms with Crippen molar-refractivity contribution in [2.45, 2.75) is 32.7 Å². The number of aliphatic carboxylic acids is 1. The summed E-state index contributed by atoms with van der Waals surface area (Å²) in [5, 5.41) is 13.5. The van der Waals surface area contributed by atoms with Gasteiger partial charge in [0.2, 0.25) is 0 Å². The molecule has 0 saturated heterocycles. The maximum Gasteiger partial charge on any atom is 0.325 e. The molecule has 14 heavy (non-hydrogen) atoms. The molecule has 0 spiro atoms. The molecule has 0 radical (unpaired) electrons. The predicted octanol–water partition coefficient (Wildman–Crippen LogP) is 0.559. The molecule has 0 aromatic heterocycles. The molecule has 3 N–H and O–H groups in total. The van der Waals surface area contributed by atoms with Gasteiger partial charge in [-0.15, -0.1) is 0 Å². The molecule has 1 atom stereocenters. The third kappa shape index (κ3) is 3.24. The molecule has 80 valence electrons. The average Bonchev–Trinajstić information content (AvgIpc) is 2.81. The Hall–Kier alpha value is -1.26. The molecule has 1 aliphatic rings. The van der Waals surface area contributed by atoms with Crippen LogP contribution >= 0.6 is 0 Å². The lowest BCUT2D eigenvalue weighted by atomic mass is 10.1. The number of carbonyl (C=O) groups excluding carboxylic acids is 1. The molecule has 1 fully saturated rings. The van der Waals surface area contributed by atoms with E-state index < -0.39 is 18.0 Å². The number of hydrogen-bond donors (Lipinski definition) is 3. The molecular weight excluding hydrogens is 184 g/mol. The Labute approximate surface area is 82.9 Å². The molecule has 0 aromatic carbocycles. The van der Waals surface area contributed by atoms with E-state index in [4.69, 9.17) is 5.11 Å². The zero-order chi connectivity index (χ0) is 10.8. The molecule has 0 aromatic rings. The van der Waals surface area contributed by atoms with Gasteiger partial charge in [0.25, 0.3) is 0 Å². The number of rotatable bonds is 4. The van der Waals surface area contributed by atoms with Gasteiger partial charge in [0.05, 0.1) is 0 Å². The van der Waals surface area contributed by atoms with Gasteiger partial charge in [0, 0.05) is 6.54 Å². The first-order valence-corrected chi connectivity index (χ1v) is 4.70. The maximum atomic E-state index is 11.1. The Kier molecular flexibility index (Phi) is 2.98. The summed E-state index contributed by atoms with van der Waals surface area (Å²) in [6, 6.07) is -1.25. The number of carboxylic acids is 1. The Morgan fingerprint density at radius 2 is 2.07 bits per heavy atom. The molecular formula is C9H16N2O3. The van der Waals surface area contributed by atoms with Crippen molar-refractivity contribution in [3.63, 3.8) is 0 Å². The van der Waals surface area contributed by atoms with Gasteiger partial charge in [-0.2, -0.15) is 0 Å². The van der Waals surface area contributed by atoms with Crippen molar-refractivity contribution in [2.24, 2.45) is 5.41 Å². The monoisotopic (exact) mass is 200 g/mol. The first kappa shape index (κ1) is 10.8. The van der Waals surface area contributed by atoms with E-state index in [1.54, 1.807) is 0 Å². The number of carboxylic acid groups (broad SMARTS) is 1. The second-order valence-corrected chi connectivity index (χ2v) is 4.20. The molecule has 1 aliphatic carbocycles. The Morgan fingerprint density at radius 3 is 2.50 bits per heavy atom. The maximum absolute atomic E-state index is 11.1. The van der Waals surface area contributed by atoms with E-state index in [0.717, 1.165) is 12.8 Å². The zero-order valence-electron chi connectivity index (χ0n) is 8.46. The van der Waals surface area contributed by atoms with Crippen molar-refractivity contribution in [1.82, 2.24) is 10.6 Å². The van der Waals surface area contributed by atoms with Crippen molar-refractivity contribution in [2.75, 3.05) is 6.54 Å². The van der Waals surface area contributed by atoms with Crippen LogP contribution in [0.3, 0.4) is 0 Å². The van der Waals surface area contributed by atoms with Crippen LogP contribution < -0.4 is 10.6 Å². The lowest BCUT2D eigenvalue weighted by molar-refractivity contribution is -0.138. The fourth-order valence-corrected chi connectivity index (χ4v) is 0.993. The Bertz CT molecular complexity index is 248. The van der Waals surface area contributed by atoms with Gasteiger partial charge in [0.15, 0.2) is 0 Å². The minimum Gasteiger partial charge on any atom is -0.480 e. The standard InChI is InChI=1S/C9H16N2O3/c1-6(7(12)13)11-8(14)10-5-9(2)3-4-9/h6H,3-5H2,1-2H3,(H,12,13)(H2,10,11,14)/t6-/m1/s1. The summed E-state index contributed by atoms with van der Waals surface area (Å²) in [4.78, 5) is 21.6. The lowest BCUT2D eigenvalue weighted by Crippen LogP contribution is -2.45. The predicted molar refractivity (Wildman–Crippen MR) is 51.0 cm³/mol. The Balaban J connectivity index is 2.18. The highest BCUT2D eigenvalue weighted by Crippen LogP contribution is 2.43. The van der Waals surface area contributed by atoms with E-state index in [0.29, 0.717) is 6.54 Å². The van der Waals surface area contributed by atoms with Crippen LogP contribution in [0.15, 0.2) is 0 Å². The van der Waals surface area contributed by atoms with E-state index >= 15 is 0 Å². The van der Waals surface area contributed by atoms with Gasteiger partial charge in [-0.3, -0.25) is 4.79 Å². The van der Waals surface area contributed by atoms with E-state index in [-0.39, 0.29) is 5.41 Å². The molecule has 0 aliphatic heterocycles. The summed E-state index contributed by atoms with van der Waals surface area (Å²) < 4.78 is 0. The summed E-state index contributed by atoms with van der Waals surface area (Å²) in [5.41, 5.74) is 0.240. The molecule has 5 heteroatoms. The fourth-order valence-electron chi connectivity index (χ4n) is 0.993. The first-order valence-electron chi connectivity index (χ1n) is 4.70. The van der Waals surface area contributed by atoms with Crippen molar-refractivity contribution in [1.29, 1.82) is 0 Å². The quantitative estimate of drug-likeness (QED) is 0.620. The summed E-state index contributed by atoms with van der Waals surface area (Å²) in [5.74, 6) is -1.03. The summed E-state index contributed by atoms with van der Waals surface area (Å²) >= 11 is 0. The topological polar surface area (TPSA) is 78.4 Å². The normalized spacial score (nSPS) is 19.6. The van der Waals surface area contributed by atoms with Crippen LogP contribution in [-0.4, -0.2) is 29.7 Å². The number of hydrogen-bond acceptors (Lipinski definition) is 2. The number of carbonyl (C=O) groups is 2. The van der Waals surface area contributed by atoms with Crippen LogP contribution in [0.2, 0.25) is 0 Å². The van der Waals surface area contributed by atoms with E-state index in [1.807, 2.05) is 0 Å². The van der Waals surface area contributed by atoms with Gasteiger partial charge < -0.3 is 15.7 Å².